The lowest BCUT2D eigenvalue weighted by Gasteiger charge is -2.10. The normalized spacial score (nSPS) is 9.95. The van der Waals surface area contributed by atoms with Gasteiger partial charge in [-0.25, -0.2) is 4.39 Å². The molecule has 0 saturated carbocycles. The molecule has 21 heavy (non-hydrogen) atoms. The predicted molar refractivity (Wildman–Crippen MR) is 80.8 cm³/mol. The van der Waals surface area contributed by atoms with E-state index in [9.17, 15) is 4.39 Å². The zero-order valence-electron chi connectivity index (χ0n) is 11.2. The van der Waals surface area contributed by atoms with Crippen LogP contribution in [-0.2, 0) is 6.42 Å². The number of nitrogens with zero attached hydrogens (tertiary/aromatic N) is 1. The van der Waals surface area contributed by atoms with Gasteiger partial charge in [0.2, 0.25) is 0 Å². The Bertz CT molecular complexity index is 638. The molecule has 3 nitrogen and oxygen atoms in total. The van der Waals surface area contributed by atoms with Crippen LogP contribution in [0.2, 0.25) is 0 Å². The van der Waals surface area contributed by atoms with Crippen LogP contribution >= 0.6 is 15.9 Å². The second-order valence-corrected chi connectivity index (χ2v) is 5.10. The maximum Gasteiger partial charge on any atom is 0.133 e. The highest BCUT2D eigenvalue weighted by molar-refractivity contribution is 9.10. The van der Waals surface area contributed by atoms with Crippen LogP contribution < -0.4 is 9.47 Å². The highest BCUT2D eigenvalue weighted by Crippen LogP contribution is 2.25. The van der Waals surface area contributed by atoms with Gasteiger partial charge in [-0.15, -0.1) is 0 Å². The number of benzene rings is 2. The number of halogens is 2. The topological polar surface area (TPSA) is 42.2 Å². The number of ether oxygens (including phenoxy) is 2. The fraction of sp³-hybridized carbons (Fsp3) is 0.188. The van der Waals surface area contributed by atoms with Crippen LogP contribution in [0.4, 0.5) is 4.39 Å². The van der Waals surface area contributed by atoms with Gasteiger partial charge in [0, 0.05) is 0 Å². The van der Waals surface area contributed by atoms with E-state index in [1.54, 1.807) is 6.07 Å². The second kappa shape index (κ2) is 7.65. The maximum atomic E-state index is 12.9. The minimum atomic E-state index is -0.317. The van der Waals surface area contributed by atoms with Gasteiger partial charge >= 0.3 is 0 Å². The summed E-state index contributed by atoms with van der Waals surface area (Å²) in [6.45, 7) is 0.728. The third-order valence-corrected chi connectivity index (χ3v) is 3.33. The van der Waals surface area contributed by atoms with Gasteiger partial charge in [0.05, 0.1) is 17.0 Å². The molecule has 0 unspecified atom stereocenters. The van der Waals surface area contributed by atoms with Gasteiger partial charge < -0.3 is 9.47 Å². The molecular formula is C16H13BrFNO2. The molecule has 0 atom stereocenters. The summed E-state index contributed by atoms with van der Waals surface area (Å²) in [6, 6.07) is 13.7. The van der Waals surface area contributed by atoms with Gasteiger partial charge in [0.25, 0.3) is 0 Å². The van der Waals surface area contributed by atoms with Gasteiger partial charge in [-0.3, -0.25) is 0 Å². The molecule has 5 heteroatoms. The van der Waals surface area contributed by atoms with Crippen LogP contribution in [0, 0.1) is 17.1 Å². The van der Waals surface area contributed by atoms with E-state index in [2.05, 4.69) is 22.0 Å². The van der Waals surface area contributed by atoms with Crippen molar-refractivity contribution >= 4 is 15.9 Å². The first kappa shape index (κ1) is 15.3. The SMILES string of the molecule is N#CCc1ccc(OCCOc2ccc(F)cc2Br)cc1. The lowest BCUT2D eigenvalue weighted by atomic mass is 10.2. The van der Waals surface area contributed by atoms with E-state index in [-0.39, 0.29) is 5.82 Å². The molecule has 108 valence electrons. The van der Waals surface area contributed by atoms with Gasteiger partial charge in [-0.2, -0.15) is 5.26 Å². The van der Waals surface area contributed by atoms with Crippen LogP contribution in [-0.4, -0.2) is 13.2 Å². The number of rotatable bonds is 6. The molecule has 0 aliphatic rings. The van der Waals surface area contributed by atoms with Crippen molar-refractivity contribution in [3.8, 4) is 17.6 Å². The lowest BCUT2D eigenvalue weighted by molar-refractivity contribution is 0.216. The Morgan fingerprint density at radius 2 is 1.76 bits per heavy atom. The molecule has 0 aromatic heterocycles. The Morgan fingerprint density at radius 3 is 2.43 bits per heavy atom. The minimum absolute atomic E-state index is 0.317. The first-order valence-electron chi connectivity index (χ1n) is 6.35. The van der Waals surface area contributed by atoms with E-state index in [0.717, 1.165) is 11.3 Å². The second-order valence-electron chi connectivity index (χ2n) is 4.25. The number of hydrogen-bond donors (Lipinski definition) is 0. The summed E-state index contributed by atoms with van der Waals surface area (Å²) in [6.07, 6.45) is 0.391. The molecule has 0 N–H and O–H groups in total. The molecule has 0 spiro atoms. The zero-order chi connectivity index (χ0) is 15.1. The van der Waals surface area contributed by atoms with Crippen molar-refractivity contribution < 1.29 is 13.9 Å². The summed E-state index contributed by atoms with van der Waals surface area (Å²) in [5, 5.41) is 8.59. The van der Waals surface area contributed by atoms with E-state index in [1.165, 1.54) is 12.1 Å². The van der Waals surface area contributed by atoms with Crippen LogP contribution in [0.5, 0.6) is 11.5 Å². The van der Waals surface area contributed by atoms with Crippen molar-refractivity contribution in [2.24, 2.45) is 0 Å². The highest BCUT2D eigenvalue weighted by atomic mass is 79.9. The summed E-state index contributed by atoms with van der Waals surface area (Å²) in [5.74, 6) is 0.978. The van der Waals surface area contributed by atoms with E-state index in [4.69, 9.17) is 14.7 Å². The zero-order valence-corrected chi connectivity index (χ0v) is 12.8. The van der Waals surface area contributed by atoms with Crippen molar-refractivity contribution in [2.45, 2.75) is 6.42 Å². The maximum absolute atomic E-state index is 12.9. The van der Waals surface area contributed by atoms with Crippen LogP contribution in [0.1, 0.15) is 5.56 Å². The summed E-state index contributed by atoms with van der Waals surface area (Å²) < 4.78 is 24.5. The molecule has 0 heterocycles. The average molecular weight is 350 g/mol. The first-order chi connectivity index (χ1) is 10.2. The quantitative estimate of drug-likeness (QED) is 0.737. The Morgan fingerprint density at radius 1 is 1.05 bits per heavy atom. The lowest BCUT2D eigenvalue weighted by Crippen LogP contribution is -2.09. The van der Waals surface area contributed by atoms with E-state index in [1.807, 2.05) is 24.3 Å². The molecule has 2 rings (SSSR count). The Balaban J connectivity index is 1.78. The van der Waals surface area contributed by atoms with Crippen molar-refractivity contribution in [1.29, 1.82) is 5.26 Å². The first-order valence-corrected chi connectivity index (χ1v) is 7.15. The molecule has 2 aromatic carbocycles. The number of hydrogen-bond acceptors (Lipinski definition) is 3. The Kier molecular flexibility index (Phi) is 5.59. The van der Waals surface area contributed by atoms with Crippen molar-refractivity contribution in [3.05, 3.63) is 58.3 Å². The van der Waals surface area contributed by atoms with Crippen molar-refractivity contribution in [3.63, 3.8) is 0 Å². The monoisotopic (exact) mass is 349 g/mol. The van der Waals surface area contributed by atoms with E-state index < -0.39 is 0 Å². The fourth-order valence-electron chi connectivity index (χ4n) is 1.70. The van der Waals surface area contributed by atoms with Crippen molar-refractivity contribution in [1.82, 2.24) is 0 Å². The van der Waals surface area contributed by atoms with E-state index >= 15 is 0 Å². The standard InChI is InChI=1S/C16H13BrFNO2/c17-15-11-13(18)3-6-16(15)21-10-9-20-14-4-1-12(2-5-14)7-8-19/h1-6,11H,7,9-10H2. The van der Waals surface area contributed by atoms with Gasteiger partial charge in [-0.1, -0.05) is 12.1 Å². The summed E-state index contributed by atoms with van der Waals surface area (Å²) in [5.41, 5.74) is 0.955. The van der Waals surface area contributed by atoms with Gasteiger partial charge in [-0.05, 0) is 51.8 Å². The molecular weight excluding hydrogens is 337 g/mol. The average Bonchev–Trinajstić information content (AvgIpc) is 2.47. The number of nitriles is 1. The van der Waals surface area contributed by atoms with Crippen LogP contribution in [0.25, 0.3) is 0 Å². The molecule has 0 radical (unpaired) electrons. The molecule has 2 aromatic rings. The fourth-order valence-corrected chi connectivity index (χ4v) is 2.16. The van der Waals surface area contributed by atoms with Crippen LogP contribution in [0.3, 0.4) is 0 Å². The molecule has 0 fully saturated rings. The van der Waals surface area contributed by atoms with E-state index in [0.29, 0.717) is 29.9 Å². The third-order valence-electron chi connectivity index (χ3n) is 2.71. The molecule has 0 saturated heterocycles. The summed E-state index contributed by atoms with van der Waals surface area (Å²) in [7, 11) is 0. The summed E-state index contributed by atoms with van der Waals surface area (Å²) >= 11 is 3.23. The molecule has 0 amide bonds. The van der Waals surface area contributed by atoms with Gasteiger partial charge in [0.15, 0.2) is 0 Å². The molecule has 0 aliphatic heterocycles. The summed E-state index contributed by atoms with van der Waals surface area (Å²) in [4.78, 5) is 0. The smallest absolute Gasteiger partial charge is 0.133 e. The molecule has 0 bridgehead atoms. The van der Waals surface area contributed by atoms with Gasteiger partial charge in [0.1, 0.15) is 30.5 Å². The molecule has 0 aliphatic carbocycles. The van der Waals surface area contributed by atoms with Crippen LogP contribution in [0.15, 0.2) is 46.9 Å². The Hall–Kier alpha value is -2.06. The largest absolute Gasteiger partial charge is 0.490 e. The van der Waals surface area contributed by atoms with Crippen molar-refractivity contribution in [2.75, 3.05) is 13.2 Å². The predicted octanol–water partition coefficient (Wildman–Crippen LogP) is 4.11. The minimum Gasteiger partial charge on any atom is -0.490 e. The highest BCUT2D eigenvalue weighted by Gasteiger charge is 2.02. The third kappa shape index (κ3) is 4.76. The Labute approximate surface area is 131 Å².